The normalized spacial score (nSPS) is 17.8. The second kappa shape index (κ2) is 7.37. The third-order valence-electron chi connectivity index (χ3n) is 3.74. The van der Waals surface area contributed by atoms with Gasteiger partial charge in [-0.2, -0.15) is 13.2 Å². The van der Waals surface area contributed by atoms with E-state index in [1.165, 1.54) is 17.7 Å². The summed E-state index contributed by atoms with van der Waals surface area (Å²) < 4.78 is 38.3. The summed E-state index contributed by atoms with van der Waals surface area (Å²) in [6.45, 7) is 2.06. The van der Waals surface area contributed by atoms with Gasteiger partial charge in [-0.05, 0) is 53.6 Å². The van der Waals surface area contributed by atoms with Crippen LogP contribution in [0.25, 0.3) is 6.08 Å². The molecule has 7 heteroatoms. The highest BCUT2D eigenvalue weighted by Gasteiger charge is 2.30. The monoisotopic (exact) mass is 376 g/mol. The van der Waals surface area contributed by atoms with Crippen molar-refractivity contribution in [3.8, 4) is 0 Å². The van der Waals surface area contributed by atoms with Crippen LogP contribution in [0.5, 0.6) is 0 Å². The van der Waals surface area contributed by atoms with Crippen LogP contribution in [0.1, 0.15) is 23.6 Å². The van der Waals surface area contributed by atoms with Gasteiger partial charge in [0.05, 0.1) is 16.2 Å². The first-order valence-electron chi connectivity index (χ1n) is 7.91. The fraction of sp³-hybridized carbons (Fsp3) is 0.158. The number of nitrogens with zero attached hydrogens (tertiary/aromatic N) is 1. The second-order valence-corrected chi connectivity index (χ2v) is 6.66. The molecule has 0 unspecified atom stereocenters. The zero-order valence-corrected chi connectivity index (χ0v) is 14.6. The van der Waals surface area contributed by atoms with Gasteiger partial charge in [0.25, 0.3) is 5.91 Å². The van der Waals surface area contributed by atoms with Crippen LogP contribution >= 0.6 is 11.8 Å². The third-order valence-corrected chi connectivity index (χ3v) is 4.65. The third kappa shape index (κ3) is 4.35. The van der Waals surface area contributed by atoms with Crippen molar-refractivity contribution >= 4 is 34.6 Å². The molecule has 26 heavy (non-hydrogen) atoms. The van der Waals surface area contributed by atoms with Crippen LogP contribution < -0.4 is 5.32 Å². The molecule has 2 aromatic carbocycles. The lowest BCUT2D eigenvalue weighted by molar-refractivity contribution is -0.137. The quantitative estimate of drug-likeness (QED) is 0.752. The van der Waals surface area contributed by atoms with Crippen LogP contribution in [-0.4, -0.2) is 11.1 Å². The summed E-state index contributed by atoms with van der Waals surface area (Å²) in [5, 5.41) is 2.83. The van der Waals surface area contributed by atoms with Gasteiger partial charge in [0.15, 0.2) is 5.17 Å². The van der Waals surface area contributed by atoms with E-state index < -0.39 is 11.7 Å². The summed E-state index contributed by atoms with van der Waals surface area (Å²) in [6, 6.07) is 12.5. The Morgan fingerprint density at radius 2 is 1.88 bits per heavy atom. The van der Waals surface area contributed by atoms with Gasteiger partial charge in [-0.15, -0.1) is 0 Å². The Balaban J connectivity index is 1.80. The highest BCUT2D eigenvalue weighted by atomic mass is 32.2. The minimum Gasteiger partial charge on any atom is -0.300 e. The summed E-state index contributed by atoms with van der Waals surface area (Å²) in [5.41, 5.74) is 1.43. The van der Waals surface area contributed by atoms with Crippen molar-refractivity contribution in [1.29, 1.82) is 0 Å². The molecular weight excluding hydrogens is 361 g/mol. The highest BCUT2D eigenvalue weighted by molar-refractivity contribution is 8.18. The maximum absolute atomic E-state index is 12.8. The summed E-state index contributed by atoms with van der Waals surface area (Å²) in [6.07, 6.45) is -1.77. The Bertz CT molecular complexity index is 886. The zero-order chi connectivity index (χ0) is 18.7. The fourth-order valence-electron chi connectivity index (χ4n) is 2.35. The number of carbonyl (C=O) groups is 1. The number of amides is 1. The number of nitrogens with one attached hydrogen (secondary N) is 1. The van der Waals surface area contributed by atoms with Crippen LogP contribution in [0.2, 0.25) is 0 Å². The van der Waals surface area contributed by atoms with E-state index in [2.05, 4.69) is 17.2 Å². The van der Waals surface area contributed by atoms with Gasteiger partial charge in [0.2, 0.25) is 0 Å². The Hall–Kier alpha value is -2.54. The number of hydrogen-bond acceptors (Lipinski definition) is 3. The number of carbonyl (C=O) groups excluding carboxylic acids is 1. The molecule has 0 aliphatic carbocycles. The molecule has 2 aromatic rings. The van der Waals surface area contributed by atoms with Crippen molar-refractivity contribution in [1.82, 2.24) is 5.32 Å². The van der Waals surface area contributed by atoms with Crippen molar-refractivity contribution in [3.05, 3.63) is 70.1 Å². The smallest absolute Gasteiger partial charge is 0.300 e. The maximum Gasteiger partial charge on any atom is 0.416 e. The van der Waals surface area contributed by atoms with E-state index in [4.69, 9.17) is 0 Å². The number of hydrogen-bond donors (Lipinski definition) is 1. The average molecular weight is 376 g/mol. The van der Waals surface area contributed by atoms with E-state index in [9.17, 15) is 18.0 Å². The predicted octanol–water partition coefficient (Wildman–Crippen LogP) is 5.16. The molecule has 1 aliphatic heterocycles. The molecule has 0 radical (unpaired) electrons. The van der Waals surface area contributed by atoms with Crippen molar-refractivity contribution in [2.24, 2.45) is 4.99 Å². The van der Waals surface area contributed by atoms with Crippen molar-refractivity contribution < 1.29 is 18.0 Å². The first kappa shape index (κ1) is 18.3. The standard InChI is InChI=1S/C19H15F3N2OS/c1-2-12-6-8-13(9-7-12)10-16-17(25)24-18(26-16)23-15-5-3-4-14(11-15)19(20,21)22/h3-11H,2H2,1H3,(H,23,24,25). The minimum absolute atomic E-state index is 0.135. The van der Waals surface area contributed by atoms with Crippen molar-refractivity contribution in [3.63, 3.8) is 0 Å². The summed E-state index contributed by atoms with van der Waals surface area (Å²) in [5.74, 6) is -0.319. The Kier molecular flexibility index (Phi) is 5.18. The van der Waals surface area contributed by atoms with Gasteiger partial charge in [0.1, 0.15) is 0 Å². The summed E-state index contributed by atoms with van der Waals surface area (Å²) in [7, 11) is 0. The van der Waals surface area contributed by atoms with Crippen LogP contribution in [0.3, 0.4) is 0 Å². The summed E-state index contributed by atoms with van der Waals surface area (Å²) in [4.78, 5) is 16.6. The molecule has 1 amide bonds. The molecular formula is C19H15F3N2OS. The number of alkyl halides is 3. The van der Waals surface area contributed by atoms with Gasteiger partial charge in [0, 0.05) is 0 Å². The van der Waals surface area contributed by atoms with Gasteiger partial charge in [-0.25, -0.2) is 4.99 Å². The lowest BCUT2D eigenvalue weighted by Crippen LogP contribution is -2.19. The van der Waals surface area contributed by atoms with E-state index in [1.54, 1.807) is 6.08 Å². The van der Waals surface area contributed by atoms with Crippen LogP contribution in [0.15, 0.2) is 58.4 Å². The Morgan fingerprint density at radius 3 is 2.54 bits per heavy atom. The Morgan fingerprint density at radius 1 is 1.15 bits per heavy atom. The van der Waals surface area contributed by atoms with Gasteiger partial charge < -0.3 is 5.32 Å². The molecule has 0 bridgehead atoms. The van der Waals surface area contributed by atoms with Crippen LogP contribution in [-0.2, 0) is 17.4 Å². The molecule has 3 rings (SSSR count). The molecule has 1 aliphatic rings. The minimum atomic E-state index is -4.43. The van der Waals surface area contributed by atoms with E-state index >= 15 is 0 Å². The Labute approximate surface area is 153 Å². The zero-order valence-electron chi connectivity index (χ0n) is 13.8. The first-order valence-corrected chi connectivity index (χ1v) is 8.72. The van der Waals surface area contributed by atoms with E-state index in [0.29, 0.717) is 4.91 Å². The number of halogens is 3. The second-order valence-electron chi connectivity index (χ2n) is 5.62. The molecule has 1 N–H and O–H groups in total. The molecule has 1 heterocycles. The number of aliphatic imine (C=N–C) groups is 1. The molecule has 134 valence electrons. The topological polar surface area (TPSA) is 41.5 Å². The predicted molar refractivity (Wildman–Crippen MR) is 98.1 cm³/mol. The lowest BCUT2D eigenvalue weighted by Gasteiger charge is -2.06. The molecule has 1 fully saturated rings. The van der Waals surface area contributed by atoms with Crippen LogP contribution in [0.4, 0.5) is 18.9 Å². The number of benzene rings is 2. The molecule has 0 atom stereocenters. The van der Waals surface area contributed by atoms with Crippen molar-refractivity contribution in [2.75, 3.05) is 0 Å². The van der Waals surface area contributed by atoms with E-state index in [0.717, 1.165) is 35.9 Å². The average Bonchev–Trinajstić information content (AvgIpc) is 2.94. The van der Waals surface area contributed by atoms with Gasteiger partial charge >= 0.3 is 6.18 Å². The SMILES string of the molecule is CCc1ccc(C=C2SC(=Nc3cccc(C(F)(F)F)c3)NC2=O)cc1. The van der Waals surface area contributed by atoms with Crippen molar-refractivity contribution in [2.45, 2.75) is 19.5 Å². The summed E-state index contributed by atoms with van der Waals surface area (Å²) >= 11 is 1.10. The largest absolute Gasteiger partial charge is 0.416 e. The van der Waals surface area contributed by atoms with E-state index in [-0.39, 0.29) is 16.8 Å². The lowest BCUT2D eigenvalue weighted by atomic mass is 10.1. The van der Waals surface area contributed by atoms with Gasteiger partial charge in [-0.3, -0.25) is 4.79 Å². The van der Waals surface area contributed by atoms with Gasteiger partial charge in [-0.1, -0.05) is 37.3 Å². The molecule has 0 saturated carbocycles. The number of amidine groups is 1. The van der Waals surface area contributed by atoms with Crippen LogP contribution in [0, 0.1) is 0 Å². The number of thioether (sulfide) groups is 1. The molecule has 3 nitrogen and oxygen atoms in total. The molecule has 0 aromatic heterocycles. The van der Waals surface area contributed by atoms with E-state index in [1.807, 2.05) is 24.3 Å². The maximum atomic E-state index is 12.8. The molecule has 0 spiro atoms. The first-order chi connectivity index (χ1) is 12.3. The fourth-order valence-corrected chi connectivity index (χ4v) is 3.19. The number of aryl methyl sites for hydroxylation is 1. The number of rotatable bonds is 3. The highest BCUT2D eigenvalue weighted by Crippen LogP contribution is 2.33. The molecule has 1 saturated heterocycles.